The van der Waals surface area contributed by atoms with E-state index in [-0.39, 0.29) is 5.92 Å². The van der Waals surface area contributed by atoms with Gasteiger partial charge in [-0.15, -0.1) is 0 Å². The number of rotatable bonds is 4. The highest BCUT2D eigenvalue weighted by Gasteiger charge is 2.37. The van der Waals surface area contributed by atoms with Crippen molar-refractivity contribution in [3.63, 3.8) is 0 Å². The Bertz CT molecular complexity index is 305. The molecule has 0 rings (SSSR count). The van der Waals surface area contributed by atoms with E-state index in [0.717, 1.165) is 0 Å². The summed E-state index contributed by atoms with van der Waals surface area (Å²) in [5.41, 5.74) is 0. The second kappa shape index (κ2) is 5.89. The van der Waals surface area contributed by atoms with E-state index in [1.807, 2.05) is 0 Å². The highest BCUT2D eigenvalue weighted by Crippen LogP contribution is 2.21. The van der Waals surface area contributed by atoms with Crippen LogP contribution in [0, 0.1) is 23.2 Å². The quantitative estimate of drug-likeness (QED) is 0.769. The Morgan fingerprint density at radius 3 is 2.00 bits per heavy atom. The van der Waals surface area contributed by atoms with Crippen molar-refractivity contribution < 1.29 is 18.0 Å². The molecule has 0 radical (unpaired) electrons. The summed E-state index contributed by atoms with van der Waals surface area (Å²) in [6.07, 6.45) is -4.45. The molecule has 1 atom stereocenters. The van der Waals surface area contributed by atoms with Crippen molar-refractivity contribution in [2.24, 2.45) is 11.8 Å². The second-order valence-electron chi connectivity index (χ2n) is 4.53. The van der Waals surface area contributed by atoms with Crippen LogP contribution in [0.25, 0.3) is 0 Å². The first-order chi connectivity index (χ1) is 7.60. The van der Waals surface area contributed by atoms with Crippen LogP contribution >= 0.6 is 0 Å². The van der Waals surface area contributed by atoms with E-state index in [9.17, 15) is 18.0 Å². The Labute approximate surface area is 99.2 Å². The summed E-state index contributed by atoms with van der Waals surface area (Å²) < 4.78 is 37.0. The summed E-state index contributed by atoms with van der Waals surface area (Å²) >= 11 is 0. The fourth-order valence-corrected chi connectivity index (χ4v) is 1.38. The number of alkyl halides is 3. The molecule has 0 fully saturated rings. The van der Waals surface area contributed by atoms with Crippen molar-refractivity contribution in [1.82, 2.24) is 4.90 Å². The summed E-state index contributed by atoms with van der Waals surface area (Å²) in [4.78, 5) is 12.5. The Hall–Kier alpha value is -1.25. The first kappa shape index (κ1) is 15.8. The molecule has 98 valence electrons. The molecule has 6 heteroatoms. The predicted octanol–water partition coefficient (Wildman–Crippen LogP) is 2.58. The van der Waals surface area contributed by atoms with Crippen molar-refractivity contribution in [3.8, 4) is 6.07 Å². The molecule has 0 spiro atoms. The second-order valence-corrected chi connectivity index (χ2v) is 4.53. The lowest BCUT2D eigenvalue weighted by molar-refractivity contribution is -0.166. The summed E-state index contributed by atoms with van der Waals surface area (Å²) in [5.74, 6) is -2.09. The molecule has 0 heterocycles. The molecule has 3 nitrogen and oxygen atoms in total. The van der Waals surface area contributed by atoms with Gasteiger partial charge in [0.2, 0.25) is 5.91 Å². The first-order valence-electron chi connectivity index (χ1n) is 5.37. The van der Waals surface area contributed by atoms with Gasteiger partial charge in [-0.05, 0) is 19.8 Å². The number of halogens is 3. The zero-order valence-corrected chi connectivity index (χ0v) is 10.4. The maximum Gasteiger partial charge on any atom is 0.406 e. The van der Waals surface area contributed by atoms with E-state index in [4.69, 9.17) is 5.26 Å². The van der Waals surface area contributed by atoms with E-state index >= 15 is 0 Å². The van der Waals surface area contributed by atoms with Crippen molar-refractivity contribution in [2.75, 3.05) is 6.54 Å². The lowest BCUT2D eigenvalue weighted by Gasteiger charge is -2.30. The van der Waals surface area contributed by atoms with E-state index in [0.29, 0.717) is 4.90 Å². The van der Waals surface area contributed by atoms with Crippen LogP contribution in [0.2, 0.25) is 0 Å². The van der Waals surface area contributed by atoms with Crippen LogP contribution in [0.5, 0.6) is 0 Å². The number of carbonyl (C=O) groups is 1. The van der Waals surface area contributed by atoms with Gasteiger partial charge in [0, 0.05) is 6.04 Å². The lowest BCUT2D eigenvalue weighted by atomic mass is 9.95. The molecule has 0 aromatic carbocycles. The molecule has 0 saturated carbocycles. The molecule has 0 aliphatic carbocycles. The molecule has 17 heavy (non-hydrogen) atoms. The minimum atomic E-state index is -4.45. The fourth-order valence-electron chi connectivity index (χ4n) is 1.38. The maximum atomic E-state index is 12.3. The Morgan fingerprint density at radius 1 is 1.29 bits per heavy atom. The molecule has 1 amide bonds. The van der Waals surface area contributed by atoms with Crippen LogP contribution < -0.4 is 0 Å². The molecule has 0 N–H and O–H groups in total. The zero-order valence-electron chi connectivity index (χ0n) is 10.4. The first-order valence-corrected chi connectivity index (χ1v) is 5.37. The van der Waals surface area contributed by atoms with Gasteiger partial charge >= 0.3 is 6.18 Å². The van der Waals surface area contributed by atoms with Gasteiger partial charge in [-0.2, -0.15) is 18.4 Å². The molecule has 0 aromatic heterocycles. The predicted molar refractivity (Wildman–Crippen MR) is 56.8 cm³/mol. The molecule has 1 unspecified atom stereocenters. The zero-order chi connectivity index (χ0) is 13.8. The van der Waals surface area contributed by atoms with Gasteiger partial charge in [0.05, 0.1) is 6.07 Å². The van der Waals surface area contributed by atoms with Gasteiger partial charge in [-0.25, -0.2) is 0 Å². The lowest BCUT2D eigenvalue weighted by Crippen LogP contribution is -2.46. The van der Waals surface area contributed by atoms with Crippen LogP contribution in [-0.4, -0.2) is 29.6 Å². The number of hydrogen-bond donors (Lipinski definition) is 0. The van der Waals surface area contributed by atoms with Gasteiger partial charge in [0.25, 0.3) is 0 Å². The van der Waals surface area contributed by atoms with Gasteiger partial charge < -0.3 is 4.90 Å². The Balaban J connectivity index is 4.96. The van der Waals surface area contributed by atoms with E-state index in [1.54, 1.807) is 19.9 Å². The van der Waals surface area contributed by atoms with Gasteiger partial charge in [0.1, 0.15) is 12.5 Å². The minimum absolute atomic E-state index is 0.304. The summed E-state index contributed by atoms with van der Waals surface area (Å²) in [7, 11) is 0. The van der Waals surface area contributed by atoms with Crippen molar-refractivity contribution in [3.05, 3.63) is 0 Å². The van der Waals surface area contributed by atoms with E-state index in [1.165, 1.54) is 13.8 Å². The van der Waals surface area contributed by atoms with Crippen molar-refractivity contribution >= 4 is 5.91 Å². The number of hydrogen-bond acceptors (Lipinski definition) is 2. The van der Waals surface area contributed by atoms with Crippen molar-refractivity contribution in [1.29, 1.82) is 5.26 Å². The molecule has 0 bridgehead atoms. The maximum absolute atomic E-state index is 12.3. The van der Waals surface area contributed by atoms with Gasteiger partial charge in [0.15, 0.2) is 0 Å². The van der Waals surface area contributed by atoms with Gasteiger partial charge in [-0.3, -0.25) is 4.79 Å². The monoisotopic (exact) mass is 250 g/mol. The van der Waals surface area contributed by atoms with E-state index in [2.05, 4.69) is 0 Å². The van der Waals surface area contributed by atoms with Crippen molar-refractivity contribution in [2.45, 2.75) is 39.9 Å². The summed E-state index contributed by atoms with van der Waals surface area (Å²) in [6, 6.07) is 1.18. The molecule has 0 aliphatic heterocycles. The number of carbonyl (C=O) groups excluding carboxylic acids is 1. The number of nitriles is 1. The molecular formula is C11H17F3N2O. The third-order valence-electron chi connectivity index (χ3n) is 2.33. The standard InChI is InChI=1S/C11H17F3N2O/c1-7(2)9(5-15)10(17)16(8(3)4)6-11(12,13)14/h7-9H,6H2,1-4H3. The highest BCUT2D eigenvalue weighted by molar-refractivity contribution is 5.81. The topological polar surface area (TPSA) is 44.1 Å². The molecule has 0 saturated heterocycles. The molecular weight excluding hydrogens is 233 g/mol. The average molecular weight is 250 g/mol. The summed E-state index contributed by atoms with van der Waals surface area (Å²) in [5, 5.41) is 8.82. The Kier molecular flexibility index (Phi) is 5.46. The Morgan fingerprint density at radius 2 is 1.76 bits per heavy atom. The SMILES string of the molecule is CC(C)C(C#N)C(=O)N(CC(F)(F)F)C(C)C. The van der Waals surface area contributed by atoms with Crippen LogP contribution in [0.4, 0.5) is 13.2 Å². The summed E-state index contributed by atoms with van der Waals surface area (Å²) in [6.45, 7) is 4.96. The largest absolute Gasteiger partial charge is 0.406 e. The smallest absolute Gasteiger partial charge is 0.330 e. The number of amides is 1. The van der Waals surface area contributed by atoms with Crippen LogP contribution in [0.1, 0.15) is 27.7 Å². The third kappa shape index (κ3) is 5.07. The van der Waals surface area contributed by atoms with Crippen LogP contribution in [-0.2, 0) is 4.79 Å². The third-order valence-corrected chi connectivity index (χ3v) is 2.33. The number of nitrogens with zero attached hydrogens (tertiary/aromatic N) is 2. The average Bonchev–Trinajstić information content (AvgIpc) is 2.12. The fraction of sp³-hybridized carbons (Fsp3) is 0.818. The minimum Gasteiger partial charge on any atom is -0.330 e. The highest BCUT2D eigenvalue weighted by atomic mass is 19.4. The van der Waals surface area contributed by atoms with E-state index < -0.39 is 30.6 Å². The normalized spacial score (nSPS) is 13.6. The van der Waals surface area contributed by atoms with Crippen LogP contribution in [0.15, 0.2) is 0 Å². The van der Waals surface area contributed by atoms with Crippen LogP contribution in [0.3, 0.4) is 0 Å². The van der Waals surface area contributed by atoms with Gasteiger partial charge in [-0.1, -0.05) is 13.8 Å². The molecule has 0 aliphatic rings. The molecule has 0 aromatic rings.